The number of hydrogen-bond acceptors (Lipinski definition) is 2. The summed E-state index contributed by atoms with van der Waals surface area (Å²) in [4.78, 5) is 12.0. The summed E-state index contributed by atoms with van der Waals surface area (Å²) in [5.74, 6) is -1.61. The fraction of sp³-hybridized carbons (Fsp3) is 0.136. The highest BCUT2D eigenvalue weighted by Crippen LogP contribution is 2.23. The lowest BCUT2D eigenvalue weighted by Gasteiger charge is -2.06. The first-order valence-electron chi connectivity index (χ1n) is 8.86. The number of hydrogen-bond donors (Lipinski definition) is 0. The van der Waals surface area contributed by atoms with Gasteiger partial charge in [0.25, 0.3) is 5.69 Å². The predicted molar refractivity (Wildman–Crippen MR) is 98.7 cm³/mol. The number of fused-ring (bicyclic) bond motifs is 3. The van der Waals surface area contributed by atoms with Gasteiger partial charge in [0.1, 0.15) is 11.6 Å². The van der Waals surface area contributed by atoms with Crippen molar-refractivity contribution in [2.45, 2.75) is 13.0 Å². The van der Waals surface area contributed by atoms with Crippen LogP contribution in [0.3, 0.4) is 0 Å². The summed E-state index contributed by atoms with van der Waals surface area (Å²) in [5, 5.41) is 0.887. The largest absolute Gasteiger partial charge is 0.461 e. The molecule has 0 unspecified atom stereocenters. The molecule has 0 atom stereocenters. The molecule has 1 aromatic carbocycles. The maximum Gasteiger partial charge on any atom is 0.403 e. The van der Waals surface area contributed by atoms with Crippen molar-refractivity contribution in [3.8, 4) is 0 Å². The van der Waals surface area contributed by atoms with Gasteiger partial charge >= 0.3 is 5.97 Å². The van der Waals surface area contributed by atoms with Gasteiger partial charge in [-0.3, -0.25) is 0 Å². The Hall–Kier alpha value is -3.41. The van der Waals surface area contributed by atoms with Crippen molar-refractivity contribution < 1.29 is 27.3 Å². The van der Waals surface area contributed by atoms with Gasteiger partial charge in [-0.1, -0.05) is 0 Å². The van der Waals surface area contributed by atoms with Crippen molar-refractivity contribution in [3.63, 3.8) is 0 Å². The predicted octanol–water partition coefficient (Wildman–Crippen LogP) is 3.17. The maximum absolute atomic E-state index is 14.4. The Kier molecular flexibility index (Phi) is 4.69. The molecule has 28 heavy (non-hydrogen) atoms. The summed E-state index contributed by atoms with van der Waals surface area (Å²) < 4.78 is 36.7. The van der Waals surface area contributed by atoms with Crippen LogP contribution in [-0.2, 0) is 17.7 Å². The second-order valence-electron chi connectivity index (χ2n) is 6.46. The van der Waals surface area contributed by atoms with Gasteiger partial charge in [-0.05, 0) is 18.2 Å². The van der Waals surface area contributed by atoms with Gasteiger partial charge in [-0.2, -0.15) is 8.97 Å². The Morgan fingerprint density at radius 1 is 1.04 bits per heavy atom. The molecular formula is C22H18F2N2O2+2. The van der Waals surface area contributed by atoms with Crippen LogP contribution in [0.5, 0.6) is 0 Å². The lowest BCUT2D eigenvalue weighted by molar-refractivity contribution is -0.700. The second-order valence-corrected chi connectivity index (χ2v) is 6.46. The first kappa shape index (κ1) is 18.0. The summed E-state index contributed by atoms with van der Waals surface area (Å²) in [5.41, 5.74) is 1.98. The lowest BCUT2D eigenvalue weighted by Crippen LogP contribution is -2.42. The van der Waals surface area contributed by atoms with E-state index in [4.69, 9.17) is 4.74 Å². The highest BCUT2D eigenvalue weighted by molar-refractivity contribution is 5.94. The third-order valence-electron chi connectivity index (χ3n) is 4.78. The summed E-state index contributed by atoms with van der Waals surface area (Å²) in [6.45, 7) is 0.506. The van der Waals surface area contributed by atoms with E-state index in [0.717, 1.165) is 11.8 Å². The number of pyridine rings is 3. The normalized spacial score (nSPS) is 11.1. The molecule has 6 heteroatoms. The number of carbonyl (C=O) groups is 1. The van der Waals surface area contributed by atoms with Crippen LogP contribution in [-0.4, -0.2) is 13.1 Å². The molecule has 0 aliphatic rings. The van der Waals surface area contributed by atoms with Gasteiger partial charge in [0.15, 0.2) is 24.6 Å². The zero-order valence-electron chi connectivity index (χ0n) is 15.2. The number of benzene rings is 1. The number of nitrogens with zero attached hydrogens (tertiary/aromatic N) is 2. The topological polar surface area (TPSA) is 34.3 Å². The molecule has 4 rings (SSSR count). The van der Waals surface area contributed by atoms with Crippen LogP contribution in [0.15, 0.2) is 67.0 Å². The average molecular weight is 380 g/mol. The van der Waals surface area contributed by atoms with Crippen molar-refractivity contribution in [2.75, 3.05) is 7.11 Å². The van der Waals surface area contributed by atoms with Crippen LogP contribution in [0.1, 0.15) is 16.2 Å². The molecule has 0 bridgehead atoms. The Bertz CT molecular complexity index is 1210. The standard InChI is InChI=1S/C22H18F2N2O2/c1-28-22(27)20-7-2-4-9-25(20)11-8-17-13-15-12-16(23)14-18(24)21(15)19-6-3-5-10-26(17)19/h2-7,9-10,12-14H,8,11H2,1H3/q+2. The minimum Gasteiger partial charge on any atom is -0.461 e. The average Bonchev–Trinajstić information content (AvgIpc) is 2.71. The van der Waals surface area contributed by atoms with E-state index in [-0.39, 0.29) is 0 Å². The van der Waals surface area contributed by atoms with Gasteiger partial charge in [0, 0.05) is 41.8 Å². The van der Waals surface area contributed by atoms with E-state index in [1.165, 1.54) is 13.2 Å². The van der Waals surface area contributed by atoms with Crippen molar-refractivity contribution in [1.29, 1.82) is 0 Å². The molecule has 0 amide bonds. The third-order valence-corrected chi connectivity index (χ3v) is 4.78. The van der Waals surface area contributed by atoms with E-state index in [9.17, 15) is 13.6 Å². The van der Waals surface area contributed by atoms with E-state index in [1.807, 2.05) is 34.9 Å². The Balaban J connectivity index is 1.80. The molecule has 140 valence electrons. The molecule has 0 aliphatic carbocycles. The smallest absolute Gasteiger partial charge is 0.403 e. The van der Waals surface area contributed by atoms with E-state index >= 15 is 0 Å². The van der Waals surface area contributed by atoms with Crippen molar-refractivity contribution in [1.82, 2.24) is 0 Å². The Labute approximate surface area is 160 Å². The number of esters is 1. The quantitative estimate of drug-likeness (QED) is 0.310. The number of ether oxygens (including phenoxy) is 1. The van der Waals surface area contributed by atoms with Gasteiger partial charge in [-0.15, -0.1) is 0 Å². The van der Waals surface area contributed by atoms with E-state index < -0.39 is 17.6 Å². The van der Waals surface area contributed by atoms with Crippen LogP contribution >= 0.6 is 0 Å². The minimum absolute atomic E-state index is 0.383. The maximum atomic E-state index is 14.4. The monoisotopic (exact) mass is 380 g/mol. The number of carbonyl (C=O) groups excluding carboxylic acids is 1. The van der Waals surface area contributed by atoms with Crippen LogP contribution in [0.4, 0.5) is 8.78 Å². The molecule has 0 radical (unpaired) electrons. The van der Waals surface area contributed by atoms with E-state index in [2.05, 4.69) is 0 Å². The Morgan fingerprint density at radius 2 is 1.82 bits per heavy atom. The molecule has 3 heterocycles. The van der Waals surface area contributed by atoms with Crippen LogP contribution < -0.4 is 8.97 Å². The molecule has 3 aromatic heterocycles. The van der Waals surface area contributed by atoms with Gasteiger partial charge in [0.05, 0.1) is 18.9 Å². The first-order valence-corrected chi connectivity index (χ1v) is 8.86. The number of halogens is 2. The molecule has 4 aromatic rings. The molecule has 0 saturated heterocycles. The van der Waals surface area contributed by atoms with E-state index in [0.29, 0.717) is 34.9 Å². The number of rotatable bonds is 4. The molecule has 0 fully saturated rings. The molecular weight excluding hydrogens is 362 g/mol. The third kappa shape index (κ3) is 3.17. The van der Waals surface area contributed by atoms with Crippen LogP contribution in [0, 0.1) is 11.6 Å². The zero-order valence-corrected chi connectivity index (χ0v) is 15.2. The molecule has 0 aliphatic heterocycles. The summed E-state index contributed by atoms with van der Waals surface area (Å²) in [6, 6.07) is 14.8. The van der Waals surface area contributed by atoms with Gasteiger partial charge in [-0.25, -0.2) is 13.6 Å². The highest BCUT2D eigenvalue weighted by atomic mass is 19.1. The SMILES string of the molecule is COC(=O)c1cccc[n+]1CCc1cc2cc(F)cc(F)c2c2cccc[n+]12. The number of aryl methyl sites for hydroxylation is 2. The molecule has 0 N–H and O–H groups in total. The molecule has 0 saturated carbocycles. The number of aromatic nitrogens is 2. The fourth-order valence-electron chi connectivity index (χ4n) is 3.51. The Morgan fingerprint density at radius 3 is 2.64 bits per heavy atom. The fourth-order valence-corrected chi connectivity index (χ4v) is 3.51. The minimum atomic E-state index is -0.610. The molecule has 4 nitrogen and oxygen atoms in total. The summed E-state index contributed by atoms with van der Waals surface area (Å²) in [6.07, 6.45) is 4.21. The second kappa shape index (κ2) is 7.31. The molecule has 0 spiro atoms. The highest BCUT2D eigenvalue weighted by Gasteiger charge is 2.22. The zero-order chi connectivity index (χ0) is 19.7. The first-order chi connectivity index (χ1) is 13.6. The van der Waals surface area contributed by atoms with Gasteiger partial charge in [0.2, 0.25) is 5.52 Å². The van der Waals surface area contributed by atoms with Crippen LogP contribution in [0.2, 0.25) is 0 Å². The van der Waals surface area contributed by atoms with E-state index in [1.54, 1.807) is 29.0 Å². The van der Waals surface area contributed by atoms with Gasteiger partial charge < -0.3 is 4.74 Å². The number of methoxy groups -OCH3 is 1. The van der Waals surface area contributed by atoms with Crippen molar-refractivity contribution in [2.24, 2.45) is 0 Å². The van der Waals surface area contributed by atoms with Crippen molar-refractivity contribution >= 4 is 22.3 Å². The summed E-state index contributed by atoms with van der Waals surface area (Å²) >= 11 is 0. The van der Waals surface area contributed by atoms with Crippen LogP contribution in [0.25, 0.3) is 16.3 Å². The van der Waals surface area contributed by atoms with Crippen molar-refractivity contribution in [3.05, 3.63) is 90.0 Å². The summed E-state index contributed by atoms with van der Waals surface area (Å²) in [7, 11) is 1.34. The lowest BCUT2D eigenvalue weighted by atomic mass is 10.1.